The van der Waals surface area contributed by atoms with E-state index in [1.165, 1.54) is 0 Å². The van der Waals surface area contributed by atoms with Crippen LogP contribution in [-0.4, -0.2) is 50.0 Å². The van der Waals surface area contributed by atoms with E-state index < -0.39 is 5.79 Å². The number of nitrogens with one attached hydrogen (secondary N) is 1. The predicted octanol–water partition coefficient (Wildman–Crippen LogP) is 4.56. The molecule has 3 aromatic heterocycles. The zero-order chi connectivity index (χ0) is 26.3. The number of hydrogen-bond acceptors (Lipinski definition) is 7. The van der Waals surface area contributed by atoms with E-state index in [9.17, 15) is 10.1 Å². The molecule has 1 N–H and O–H groups in total. The molecule has 1 fully saturated rings. The summed E-state index contributed by atoms with van der Waals surface area (Å²) in [5.41, 5.74) is 4.72. The Labute approximate surface area is 219 Å². The van der Waals surface area contributed by atoms with Crippen LogP contribution in [0.5, 0.6) is 0 Å². The first kappa shape index (κ1) is 24.8. The molecule has 4 heterocycles. The lowest BCUT2D eigenvalue weighted by atomic mass is 10.00. The first-order valence-corrected chi connectivity index (χ1v) is 12.2. The van der Waals surface area contributed by atoms with Gasteiger partial charge in [-0.3, -0.25) is 4.79 Å². The van der Waals surface area contributed by atoms with Crippen LogP contribution in [0.25, 0.3) is 28.0 Å². The number of hydrogen-bond donors (Lipinski definition) is 1. The van der Waals surface area contributed by atoms with Crippen molar-refractivity contribution in [2.75, 3.05) is 6.61 Å². The van der Waals surface area contributed by atoms with Gasteiger partial charge < -0.3 is 14.8 Å². The minimum atomic E-state index is -0.684. The van der Waals surface area contributed by atoms with Crippen LogP contribution in [0.2, 0.25) is 5.15 Å². The van der Waals surface area contributed by atoms with Crippen molar-refractivity contribution in [2.24, 2.45) is 0 Å². The zero-order valence-electron chi connectivity index (χ0n) is 20.8. The molecule has 0 spiro atoms. The van der Waals surface area contributed by atoms with Gasteiger partial charge >= 0.3 is 0 Å². The van der Waals surface area contributed by atoms with Gasteiger partial charge in [0.1, 0.15) is 22.6 Å². The Balaban J connectivity index is 1.58. The maximum Gasteiger partial charge on any atom is 0.270 e. The number of benzene rings is 1. The van der Waals surface area contributed by atoms with E-state index in [1.54, 1.807) is 41.0 Å². The highest BCUT2D eigenvalue weighted by atomic mass is 35.5. The number of halogens is 1. The van der Waals surface area contributed by atoms with Gasteiger partial charge in [0, 0.05) is 17.5 Å². The third-order valence-corrected chi connectivity index (χ3v) is 6.33. The van der Waals surface area contributed by atoms with Crippen molar-refractivity contribution in [2.45, 2.75) is 45.6 Å². The fourth-order valence-electron chi connectivity index (χ4n) is 4.37. The smallest absolute Gasteiger partial charge is 0.270 e. The van der Waals surface area contributed by atoms with Gasteiger partial charge in [0.15, 0.2) is 11.4 Å². The van der Waals surface area contributed by atoms with Crippen molar-refractivity contribution in [3.05, 3.63) is 70.8 Å². The third-order valence-electron chi connectivity index (χ3n) is 6.14. The largest absolute Gasteiger partial charge is 0.348 e. The predicted molar refractivity (Wildman–Crippen MR) is 138 cm³/mol. The maximum absolute atomic E-state index is 13.2. The average Bonchev–Trinajstić information content (AvgIpc) is 3.43. The number of amides is 1. The number of aromatic nitrogens is 4. The summed E-state index contributed by atoms with van der Waals surface area (Å²) in [6, 6.07) is 14.3. The standard InChI is InChI=1S/C27H25ClN6O3/c1-15-10-19(12-22(28)30-15)23-24(18-7-5-6-17(11-18)13-29)33-34-9-8-20(32-25(23)34)26(35)31-16(2)21-14-36-27(3,4)37-21/h5-12,16,21H,14H2,1-4H3,(H,31,35)/t16-,21+/m0/s1. The zero-order valence-corrected chi connectivity index (χ0v) is 21.6. The van der Waals surface area contributed by atoms with Crippen LogP contribution < -0.4 is 5.32 Å². The van der Waals surface area contributed by atoms with E-state index >= 15 is 0 Å². The topological polar surface area (TPSA) is 114 Å². The molecule has 1 aromatic carbocycles. The number of ether oxygens (including phenoxy) is 2. The highest BCUT2D eigenvalue weighted by molar-refractivity contribution is 6.29. The van der Waals surface area contributed by atoms with Gasteiger partial charge in [-0.2, -0.15) is 10.4 Å². The van der Waals surface area contributed by atoms with Crippen molar-refractivity contribution in [1.82, 2.24) is 24.9 Å². The van der Waals surface area contributed by atoms with Crippen LogP contribution in [0.4, 0.5) is 0 Å². The number of nitriles is 1. The second-order valence-corrected chi connectivity index (χ2v) is 9.83. The quantitative estimate of drug-likeness (QED) is 0.386. The molecule has 1 aliphatic rings. The summed E-state index contributed by atoms with van der Waals surface area (Å²) in [5, 5.41) is 17.5. The lowest BCUT2D eigenvalue weighted by molar-refractivity contribution is -0.140. The Morgan fingerprint density at radius 3 is 2.76 bits per heavy atom. The van der Waals surface area contributed by atoms with Gasteiger partial charge in [-0.25, -0.2) is 14.5 Å². The van der Waals surface area contributed by atoms with Crippen LogP contribution in [0.15, 0.2) is 48.7 Å². The molecule has 0 bridgehead atoms. The monoisotopic (exact) mass is 516 g/mol. The summed E-state index contributed by atoms with van der Waals surface area (Å²) in [6.07, 6.45) is 1.42. The molecule has 5 rings (SSSR count). The molecule has 0 radical (unpaired) electrons. The molecule has 0 aliphatic carbocycles. The van der Waals surface area contributed by atoms with E-state index in [1.807, 2.05) is 39.8 Å². The molecule has 0 unspecified atom stereocenters. The van der Waals surface area contributed by atoms with Crippen molar-refractivity contribution < 1.29 is 14.3 Å². The molecule has 9 nitrogen and oxygen atoms in total. The van der Waals surface area contributed by atoms with Crippen molar-refractivity contribution >= 4 is 23.2 Å². The number of fused-ring (bicyclic) bond motifs is 1. The Morgan fingerprint density at radius 1 is 1.24 bits per heavy atom. The van der Waals surface area contributed by atoms with E-state index in [0.29, 0.717) is 34.2 Å². The number of rotatable bonds is 5. The van der Waals surface area contributed by atoms with E-state index in [-0.39, 0.29) is 23.7 Å². The number of carbonyl (C=O) groups is 1. The van der Waals surface area contributed by atoms with Gasteiger partial charge in [0.2, 0.25) is 0 Å². The second-order valence-electron chi connectivity index (χ2n) is 9.45. The summed E-state index contributed by atoms with van der Waals surface area (Å²) in [5.74, 6) is -1.02. The van der Waals surface area contributed by atoms with Gasteiger partial charge in [0.05, 0.1) is 29.8 Å². The Hall–Kier alpha value is -3.84. The van der Waals surface area contributed by atoms with Crippen LogP contribution >= 0.6 is 11.6 Å². The fourth-order valence-corrected chi connectivity index (χ4v) is 4.62. The van der Waals surface area contributed by atoms with Crippen LogP contribution in [0.3, 0.4) is 0 Å². The lowest BCUT2D eigenvalue weighted by Crippen LogP contribution is -2.43. The number of nitrogens with zero attached hydrogens (tertiary/aromatic N) is 5. The minimum absolute atomic E-state index is 0.230. The Morgan fingerprint density at radius 2 is 2.05 bits per heavy atom. The maximum atomic E-state index is 13.2. The molecule has 4 aromatic rings. The van der Waals surface area contributed by atoms with Crippen molar-refractivity contribution in [3.8, 4) is 28.5 Å². The molecule has 188 valence electrons. The van der Waals surface area contributed by atoms with Crippen molar-refractivity contribution in [3.63, 3.8) is 0 Å². The number of carbonyl (C=O) groups excluding carboxylic acids is 1. The molecule has 1 saturated heterocycles. The first-order valence-electron chi connectivity index (χ1n) is 11.8. The highest BCUT2D eigenvalue weighted by Gasteiger charge is 2.36. The Bertz CT molecular complexity index is 1540. The molecule has 10 heteroatoms. The minimum Gasteiger partial charge on any atom is -0.348 e. The summed E-state index contributed by atoms with van der Waals surface area (Å²) in [6.45, 7) is 7.80. The Kier molecular flexibility index (Phi) is 6.42. The van der Waals surface area contributed by atoms with Gasteiger partial charge in [-0.1, -0.05) is 23.7 Å². The molecule has 1 amide bonds. The van der Waals surface area contributed by atoms with Crippen LogP contribution in [0.1, 0.15) is 42.5 Å². The SMILES string of the molecule is Cc1cc(-c2c(-c3cccc(C#N)c3)nn3ccc(C(=O)N[C@@H](C)[C@H]4COC(C)(C)O4)nc23)cc(Cl)n1. The van der Waals surface area contributed by atoms with Crippen LogP contribution in [-0.2, 0) is 9.47 Å². The molecular formula is C27H25ClN6O3. The molecule has 0 saturated carbocycles. The average molecular weight is 517 g/mol. The molecular weight excluding hydrogens is 492 g/mol. The van der Waals surface area contributed by atoms with E-state index in [4.69, 9.17) is 31.2 Å². The number of aryl methyl sites for hydroxylation is 1. The van der Waals surface area contributed by atoms with Crippen molar-refractivity contribution in [1.29, 1.82) is 5.26 Å². The first-order chi connectivity index (χ1) is 17.6. The van der Waals surface area contributed by atoms with E-state index in [2.05, 4.69) is 16.4 Å². The molecule has 37 heavy (non-hydrogen) atoms. The fraction of sp³-hybridized carbons (Fsp3) is 0.296. The molecule has 2 atom stereocenters. The second kappa shape index (κ2) is 9.56. The third kappa shape index (κ3) is 5.04. The summed E-state index contributed by atoms with van der Waals surface area (Å²) >= 11 is 6.30. The van der Waals surface area contributed by atoms with Gasteiger partial charge in [0.25, 0.3) is 5.91 Å². The van der Waals surface area contributed by atoms with E-state index in [0.717, 1.165) is 16.8 Å². The summed E-state index contributed by atoms with van der Waals surface area (Å²) in [7, 11) is 0. The lowest BCUT2D eigenvalue weighted by Gasteiger charge is -2.22. The van der Waals surface area contributed by atoms with Gasteiger partial charge in [-0.05, 0) is 63.6 Å². The summed E-state index contributed by atoms with van der Waals surface area (Å²) < 4.78 is 13.1. The molecule has 1 aliphatic heterocycles. The summed E-state index contributed by atoms with van der Waals surface area (Å²) in [4.78, 5) is 22.1. The normalized spacial score (nSPS) is 17.5. The van der Waals surface area contributed by atoms with Crippen LogP contribution in [0, 0.1) is 18.3 Å². The highest BCUT2D eigenvalue weighted by Crippen LogP contribution is 2.36. The van der Waals surface area contributed by atoms with Gasteiger partial charge in [-0.15, -0.1) is 0 Å². The number of pyridine rings is 1.